The largest absolute Gasteiger partial charge is 0.346 e. The maximum atomic E-state index is 12.8. The molecular formula is C25H21N5OS. The van der Waals surface area contributed by atoms with Crippen molar-refractivity contribution >= 4 is 28.1 Å². The molecule has 0 saturated carbocycles. The van der Waals surface area contributed by atoms with E-state index in [2.05, 4.69) is 32.5 Å². The maximum absolute atomic E-state index is 12.8. The zero-order chi connectivity index (χ0) is 21.9. The molecule has 0 fully saturated rings. The molecule has 2 aromatic carbocycles. The molecule has 0 saturated heterocycles. The first-order valence-electron chi connectivity index (χ1n) is 10.3. The number of amides is 1. The van der Waals surface area contributed by atoms with Crippen LogP contribution in [0.4, 0.5) is 0 Å². The summed E-state index contributed by atoms with van der Waals surface area (Å²) in [6, 6.07) is 22.1. The van der Waals surface area contributed by atoms with E-state index in [1.807, 2.05) is 66.9 Å². The van der Waals surface area contributed by atoms with E-state index in [1.165, 1.54) is 5.56 Å². The molecule has 1 amide bonds. The number of pyridine rings is 1. The van der Waals surface area contributed by atoms with Crippen molar-refractivity contribution in [2.45, 2.75) is 19.9 Å². The first kappa shape index (κ1) is 20.1. The quantitative estimate of drug-likeness (QED) is 0.416. The second kappa shape index (κ2) is 8.72. The molecule has 7 heteroatoms. The number of carbonyl (C=O) groups excluding carboxylic acids is 1. The van der Waals surface area contributed by atoms with E-state index in [4.69, 9.17) is 0 Å². The Morgan fingerprint density at radius 2 is 1.81 bits per heavy atom. The van der Waals surface area contributed by atoms with Gasteiger partial charge in [-0.25, -0.2) is 14.6 Å². The lowest BCUT2D eigenvalue weighted by Gasteiger charge is -2.06. The predicted octanol–water partition coefficient (Wildman–Crippen LogP) is 4.71. The molecule has 6 nitrogen and oxygen atoms in total. The average Bonchev–Trinajstić information content (AvgIpc) is 3.44. The van der Waals surface area contributed by atoms with E-state index in [0.29, 0.717) is 17.9 Å². The number of hydrogen-bond donors (Lipinski definition) is 1. The molecule has 3 aromatic heterocycles. The van der Waals surface area contributed by atoms with Gasteiger partial charge in [0, 0.05) is 17.2 Å². The van der Waals surface area contributed by atoms with Gasteiger partial charge in [0.1, 0.15) is 0 Å². The molecule has 0 radical (unpaired) electrons. The van der Waals surface area contributed by atoms with Gasteiger partial charge >= 0.3 is 0 Å². The lowest BCUT2D eigenvalue weighted by Crippen LogP contribution is -2.23. The molecule has 0 aliphatic rings. The Kier molecular flexibility index (Phi) is 5.47. The van der Waals surface area contributed by atoms with Gasteiger partial charge in [-0.15, -0.1) is 11.3 Å². The Labute approximate surface area is 189 Å². The Morgan fingerprint density at radius 1 is 1.00 bits per heavy atom. The van der Waals surface area contributed by atoms with Crippen molar-refractivity contribution in [2.75, 3.05) is 0 Å². The van der Waals surface area contributed by atoms with E-state index >= 15 is 0 Å². The van der Waals surface area contributed by atoms with Crippen LogP contribution < -0.4 is 5.32 Å². The number of aromatic nitrogens is 4. The van der Waals surface area contributed by atoms with Crippen LogP contribution in [-0.4, -0.2) is 25.7 Å². The van der Waals surface area contributed by atoms with Crippen LogP contribution in [0.3, 0.4) is 0 Å². The standard InChI is InChI=1S/C25H21N5OS/c1-17-21(15-27-30(17)23-12-11-19-9-5-6-10-22(19)29-23)25(31)26-14-20-16-32-24(28-20)13-18-7-3-2-4-8-18/h2-12,15-16H,13-14H2,1H3,(H,26,31). The number of thiazole rings is 1. The molecule has 0 aliphatic heterocycles. The number of rotatable bonds is 6. The van der Waals surface area contributed by atoms with Crippen LogP contribution in [0.5, 0.6) is 0 Å². The van der Waals surface area contributed by atoms with Crippen LogP contribution in [0.2, 0.25) is 0 Å². The highest BCUT2D eigenvalue weighted by Gasteiger charge is 2.16. The zero-order valence-electron chi connectivity index (χ0n) is 17.5. The maximum Gasteiger partial charge on any atom is 0.255 e. The third kappa shape index (κ3) is 4.15. The van der Waals surface area contributed by atoms with Crippen LogP contribution in [0.25, 0.3) is 16.7 Å². The van der Waals surface area contributed by atoms with E-state index in [1.54, 1.807) is 22.2 Å². The van der Waals surface area contributed by atoms with Crippen molar-refractivity contribution in [2.24, 2.45) is 0 Å². The number of nitrogens with zero attached hydrogens (tertiary/aromatic N) is 4. The summed E-state index contributed by atoms with van der Waals surface area (Å²) >= 11 is 1.61. The zero-order valence-corrected chi connectivity index (χ0v) is 18.3. The van der Waals surface area contributed by atoms with E-state index in [-0.39, 0.29) is 5.91 Å². The predicted molar refractivity (Wildman–Crippen MR) is 126 cm³/mol. The average molecular weight is 440 g/mol. The topological polar surface area (TPSA) is 72.7 Å². The van der Waals surface area contributed by atoms with E-state index in [0.717, 1.165) is 33.7 Å². The molecule has 158 valence electrons. The fourth-order valence-corrected chi connectivity index (χ4v) is 4.41. The van der Waals surface area contributed by atoms with Crippen LogP contribution in [-0.2, 0) is 13.0 Å². The first-order chi connectivity index (χ1) is 15.7. The molecular weight excluding hydrogens is 418 g/mol. The second-order valence-corrected chi connectivity index (χ2v) is 8.44. The van der Waals surface area contributed by atoms with Gasteiger partial charge in [0.15, 0.2) is 5.82 Å². The minimum Gasteiger partial charge on any atom is -0.346 e. The third-order valence-electron chi connectivity index (χ3n) is 5.28. The Morgan fingerprint density at radius 3 is 2.69 bits per heavy atom. The van der Waals surface area contributed by atoms with Crippen molar-refractivity contribution in [3.05, 3.63) is 106 Å². The fourth-order valence-electron chi connectivity index (χ4n) is 3.58. The van der Waals surface area contributed by atoms with Gasteiger partial charge in [-0.3, -0.25) is 4.79 Å². The number of carbonyl (C=O) groups is 1. The summed E-state index contributed by atoms with van der Waals surface area (Å²) in [7, 11) is 0. The van der Waals surface area contributed by atoms with E-state index in [9.17, 15) is 4.79 Å². The van der Waals surface area contributed by atoms with Crippen LogP contribution in [0, 0.1) is 6.92 Å². The van der Waals surface area contributed by atoms with Gasteiger partial charge in [0.25, 0.3) is 5.91 Å². The van der Waals surface area contributed by atoms with E-state index < -0.39 is 0 Å². The van der Waals surface area contributed by atoms with Crippen molar-refractivity contribution in [1.29, 1.82) is 0 Å². The van der Waals surface area contributed by atoms with Gasteiger partial charge in [0.05, 0.1) is 40.2 Å². The highest BCUT2D eigenvalue weighted by molar-refractivity contribution is 7.09. The summed E-state index contributed by atoms with van der Waals surface area (Å²) in [5.41, 5.74) is 4.24. The highest BCUT2D eigenvalue weighted by atomic mass is 32.1. The van der Waals surface area contributed by atoms with Crippen LogP contribution >= 0.6 is 11.3 Å². The van der Waals surface area contributed by atoms with Crippen LogP contribution in [0.15, 0.2) is 78.3 Å². The molecule has 0 unspecified atom stereocenters. The molecule has 5 aromatic rings. The third-order valence-corrected chi connectivity index (χ3v) is 6.18. The normalized spacial score (nSPS) is 11.0. The monoisotopic (exact) mass is 439 g/mol. The lowest BCUT2D eigenvalue weighted by molar-refractivity contribution is 0.0950. The Hall–Kier alpha value is -3.84. The smallest absolute Gasteiger partial charge is 0.255 e. The number of para-hydroxylation sites is 1. The lowest BCUT2D eigenvalue weighted by atomic mass is 10.2. The van der Waals surface area contributed by atoms with Gasteiger partial charge in [-0.1, -0.05) is 48.5 Å². The van der Waals surface area contributed by atoms with Crippen molar-refractivity contribution in [1.82, 2.24) is 25.1 Å². The number of benzene rings is 2. The Bertz CT molecular complexity index is 1390. The molecule has 3 heterocycles. The molecule has 0 spiro atoms. The number of hydrogen-bond acceptors (Lipinski definition) is 5. The molecule has 0 aliphatic carbocycles. The summed E-state index contributed by atoms with van der Waals surface area (Å²) in [5, 5.41) is 11.5. The molecule has 0 bridgehead atoms. The van der Waals surface area contributed by atoms with Crippen molar-refractivity contribution in [3.8, 4) is 5.82 Å². The summed E-state index contributed by atoms with van der Waals surface area (Å²) < 4.78 is 1.70. The Balaban J connectivity index is 1.27. The molecule has 1 N–H and O–H groups in total. The minimum absolute atomic E-state index is 0.174. The van der Waals surface area contributed by atoms with Crippen LogP contribution in [0.1, 0.15) is 32.3 Å². The summed E-state index contributed by atoms with van der Waals surface area (Å²) in [4.78, 5) is 22.1. The summed E-state index contributed by atoms with van der Waals surface area (Å²) in [6.07, 6.45) is 2.38. The van der Waals surface area contributed by atoms with Crippen molar-refractivity contribution in [3.63, 3.8) is 0 Å². The number of nitrogens with one attached hydrogen (secondary N) is 1. The second-order valence-electron chi connectivity index (χ2n) is 7.50. The summed E-state index contributed by atoms with van der Waals surface area (Å²) in [6.45, 7) is 2.25. The first-order valence-corrected chi connectivity index (χ1v) is 11.2. The van der Waals surface area contributed by atoms with Crippen molar-refractivity contribution < 1.29 is 4.79 Å². The van der Waals surface area contributed by atoms with Gasteiger partial charge in [-0.05, 0) is 30.7 Å². The molecule has 0 atom stereocenters. The van der Waals surface area contributed by atoms with Gasteiger partial charge in [0.2, 0.25) is 0 Å². The fraction of sp³-hybridized carbons (Fsp3) is 0.120. The SMILES string of the molecule is Cc1c(C(=O)NCc2csc(Cc3ccccc3)n2)cnn1-c1ccc2ccccc2n1. The highest BCUT2D eigenvalue weighted by Crippen LogP contribution is 2.18. The number of fused-ring (bicyclic) bond motifs is 1. The summed E-state index contributed by atoms with van der Waals surface area (Å²) in [5.74, 6) is 0.512. The van der Waals surface area contributed by atoms with Gasteiger partial charge < -0.3 is 5.32 Å². The molecule has 32 heavy (non-hydrogen) atoms. The molecule has 5 rings (SSSR count). The minimum atomic E-state index is -0.174. The van der Waals surface area contributed by atoms with Gasteiger partial charge in [-0.2, -0.15) is 5.10 Å².